The van der Waals surface area contributed by atoms with E-state index in [1.165, 1.54) is 12.1 Å². The minimum atomic E-state index is -0.925. The summed E-state index contributed by atoms with van der Waals surface area (Å²) in [6.07, 6.45) is 0. The Morgan fingerprint density at radius 2 is 1.85 bits per heavy atom. The van der Waals surface area contributed by atoms with Gasteiger partial charge in [0.25, 0.3) is 0 Å². The number of carbonyl (C=O) groups excluding carboxylic acids is 3. The number of rotatable bonds is 3. The number of halogens is 2. The van der Waals surface area contributed by atoms with Crippen LogP contribution in [0.15, 0.2) is 22.7 Å². The lowest BCUT2D eigenvalue weighted by Gasteiger charge is -2.18. The molecule has 0 atom stereocenters. The van der Waals surface area contributed by atoms with Crippen LogP contribution in [0.3, 0.4) is 0 Å². The lowest BCUT2D eigenvalue weighted by molar-refractivity contribution is -0.144. The second kappa shape index (κ2) is 5.32. The quantitative estimate of drug-likeness (QED) is 0.625. The molecule has 1 fully saturated rings. The first-order valence-electron chi connectivity index (χ1n) is 5.96. The number of amides is 4. The molecule has 0 saturated carbocycles. The SMILES string of the molecule is CC(C)N1C(=O)C(=O)N(Cc2ccc(Br)cc2F)C1=O. The first kappa shape index (κ1) is 14.6. The maximum absolute atomic E-state index is 13.7. The van der Waals surface area contributed by atoms with Gasteiger partial charge in [-0.3, -0.25) is 19.4 Å². The molecule has 4 amide bonds. The van der Waals surface area contributed by atoms with Crippen molar-refractivity contribution in [3.63, 3.8) is 0 Å². The summed E-state index contributed by atoms with van der Waals surface area (Å²) in [5.74, 6) is -2.34. The maximum Gasteiger partial charge on any atom is 0.334 e. The van der Waals surface area contributed by atoms with E-state index >= 15 is 0 Å². The number of hydrogen-bond acceptors (Lipinski definition) is 3. The van der Waals surface area contributed by atoms with Gasteiger partial charge in [0, 0.05) is 16.1 Å². The molecular weight excluding hydrogens is 331 g/mol. The monoisotopic (exact) mass is 342 g/mol. The fraction of sp³-hybridized carbons (Fsp3) is 0.308. The number of benzene rings is 1. The Morgan fingerprint density at radius 3 is 2.35 bits per heavy atom. The zero-order chi connectivity index (χ0) is 15.0. The van der Waals surface area contributed by atoms with Gasteiger partial charge in [-0.2, -0.15) is 0 Å². The summed E-state index contributed by atoms with van der Waals surface area (Å²) in [6, 6.07) is 3.17. The van der Waals surface area contributed by atoms with Crippen LogP contribution in [0.5, 0.6) is 0 Å². The van der Waals surface area contributed by atoms with Crippen molar-refractivity contribution in [2.75, 3.05) is 0 Å². The van der Waals surface area contributed by atoms with E-state index in [1.54, 1.807) is 19.9 Å². The van der Waals surface area contributed by atoms with Crippen LogP contribution in [0.2, 0.25) is 0 Å². The second-order valence-electron chi connectivity index (χ2n) is 4.68. The van der Waals surface area contributed by atoms with E-state index in [4.69, 9.17) is 0 Å². The first-order valence-corrected chi connectivity index (χ1v) is 6.75. The molecular formula is C13H12BrFN2O3. The Hall–Kier alpha value is -1.76. The molecule has 0 N–H and O–H groups in total. The summed E-state index contributed by atoms with van der Waals surface area (Å²) in [5, 5.41) is 0. The lowest BCUT2D eigenvalue weighted by atomic mass is 10.2. The van der Waals surface area contributed by atoms with Gasteiger partial charge in [-0.25, -0.2) is 9.18 Å². The van der Waals surface area contributed by atoms with Crippen molar-refractivity contribution in [1.82, 2.24) is 9.80 Å². The molecule has 1 aromatic rings. The second-order valence-corrected chi connectivity index (χ2v) is 5.59. The molecule has 0 aliphatic carbocycles. The highest BCUT2D eigenvalue weighted by Gasteiger charge is 2.45. The topological polar surface area (TPSA) is 57.7 Å². The molecule has 2 rings (SSSR count). The van der Waals surface area contributed by atoms with E-state index in [-0.39, 0.29) is 12.1 Å². The summed E-state index contributed by atoms with van der Waals surface area (Å²) < 4.78 is 14.3. The van der Waals surface area contributed by atoms with Gasteiger partial charge in [-0.05, 0) is 26.0 Å². The summed E-state index contributed by atoms with van der Waals surface area (Å²) in [7, 11) is 0. The molecule has 0 unspecified atom stereocenters. The van der Waals surface area contributed by atoms with Crippen LogP contribution in [0.1, 0.15) is 19.4 Å². The molecule has 0 aromatic heterocycles. The van der Waals surface area contributed by atoms with Gasteiger partial charge in [-0.15, -0.1) is 0 Å². The Balaban J connectivity index is 2.28. The highest BCUT2D eigenvalue weighted by Crippen LogP contribution is 2.21. The van der Waals surface area contributed by atoms with Gasteiger partial charge in [0.2, 0.25) is 0 Å². The number of carbonyl (C=O) groups is 3. The van der Waals surface area contributed by atoms with Crippen LogP contribution in [0.25, 0.3) is 0 Å². The third kappa shape index (κ3) is 2.45. The molecule has 0 spiro atoms. The van der Waals surface area contributed by atoms with Gasteiger partial charge in [0.15, 0.2) is 0 Å². The number of nitrogens with zero attached hydrogens (tertiary/aromatic N) is 2. The Morgan fingerprint density at radius 1 is 1.20 bits per heavy atom. The normalized spacial score (nSPS) is 15.8. The van der Waals surface area contributed by atoms with Gasteiger partial charge in [0.05, 0.1) is 6.54 Å². The third-order valence-corrected chi connectivity index (χ3v) is 3.44. The predicted molar refractivity (Wildman–Crippen MR) is 72.0 cm³/mol. The molecule has 5 nitrogen and oxygen atoms in total. The van der Waals surface area contributed by atoms with Gasteiger partial charge in [-0.1, -0.05) is 22.0 Å². The van der Waals surface area contributed by atoms with Crippen molar-refractivity contribution in [3.8, 4) is 0 Å². The van der Waals surface area contributed by atoms with E-state index in [9.17, 15) is 18.8 Å². The minimum absolute atomic E-state index is 0.174. The Kier molecular flexibility index (Phi) is 3.89. The standard InChI is InChI=1S/C13H12BrFN2O3/c1-7(2)17-12(19)11(18)16(13(17)20)6-8-3-4-9(14)5-10(8)15/h3-5,7H,6H2,1-2H3. The number of hydrogen-bond donors (Lipinski definition) is 0. The predicted octanol–water partition coefficient (Wildman–Crippen LogP) is 2.29. The fourth-order valence-corrected chi connectivity index (χ4v) is 2.27. The molecule has 20 heavy (non-hydrogen) atoms. The summed E-state index contributed by atoms with van der Waals surface area (Å²) >= 11 is 3.12. The van der Waals surface area contributed by atoms with Crippen LogP contribution < -0.4 is 0 Å². The smallest absolute Gasteiger partial charge is 0.263 e. The molecule has 1 aromatic carbocycles. The minimum Gasteiger partial charge on any atom is -0.263 e. The van der Waals surface area contributed by atoms with Crippen molar-refractivity contribution in [1.29, 1.82) is 0 Å². The van der Waals surface area contributed by atoms with Crippen LogP contribution >= 0.6 is 15.9 Å². The largest absolute Gasteiger partial charge is 0.334 e. The average molecular weight is 343 g/mol. The van der Waals surface area contributed by atoms with E-state index in [0.29, 0.717) is 4.47 Å². The van der Waals surface area contributed by atoms with Gasteiger partial charge < -0.3 is 0 Å². The average Bonchev–Trinajstić information content (AvgIpc) is 2.56. The Bertz CT molecular complexity index is 603. The van der Waals surface area contributed by atoms with E-state index < -0.39 is 29.7 Å². The molecule has 1 aliphatic heterocycles. The van der Waals surface area contributed by atoms with Gasteiger partial charge >= 0.3 is 17.8 Å². The van der Waals surface area contributed by atoms with Crippen molar-refractivity contribution in [2.24, 2.45) is 0 Å². The molecule has 106 valence electrons. The fourth-order valence-electron chi connectivity index (χ4n) is 1.94. The highest BCUT2D eigenvalue weighted by molar-refractivity contribution is 9.10. The maximum atomic E-state index is 13.7. The highest BCUT2D eigenvalue weighted by atomic mass is 79.9. The van der Waals surface area contributed by atoms with Crippen molar-refractivity contribution >= 4 is 33.8 Å². The lowest BCUT2D eigenvalue weighted by Crippen LogP contribution is -2.38. The third-order valence-electron chi connectivity index (χ3n) is 2.94. The zero-order valence-corrected chi connectivity index (χ0v) is 12.5. The van der Waals surface area contributed by atoms with Crippen molar-refractivity contribution in [2.45, 2.75) is 26.4 Å². The molecule has 0 bridgehead atoms. The number of urea groups is 1. The summed E-state index contributed by atoms with van der Waals surface area (Å²) in [5.41, 5.74) is 0.174. The molecule has 1 heterocycles. The molecule has 1 saturated heterocycles. The van der Waals surface area contributed by atoms with Crippen LogP contribution in [-0.2, 0) is 16.1 Å². The van der Waals surface area contributed by atoms with E-state index in [2.05, 4.69) is 15.9 Å². The van der Waals surface area contributed by atoms with Gasteiger partial charge in [0.1, 0.15) is 5.82 Å². The van der Waals surface area contributed by atoms with Crippen LogP contribution in [0, 0.1) is 5.82 Å². The summed E-state index contributed by atoms with van der Waals surface area (Å²) in [4.78, 5) is 37.2. The molecule has 7 heteroatoms. The van der Waals surface area contributed by atoms with Crippen molar-refractivity contribution in [3.05, 3.63) is 34.1 Å². The number of imide groups is 2. The van der Waals surface area contributed by atoms with E-state index in [1.807, 2.05) is 0 Å². The Labute approximate surface area is 123 Å². The molecule has 0 radical (unpaired) electrons. The summed E-state index contributed by atoms with van der Waals surface area (Å²) in [6.45, 7) is 3.01. The van der Waals surface area contributed by atoms with Crippen LogP contribution in [0.4, 0.5) is 9.18 Å². The van der Waals surface area contributed by atoms with Crippen LogP contribution in [-0.4, -0.2) is 33.7 Å². The first-order chi connectivity index (χ1) is 9.32. The van der Waals surface area contributed by atoms with Crippen molar-refractivity contribution < 1.29 is 18.8 Å². The molecule has 1 aliphatic rings. The zero-order valence-electron chi connectivity index (χ0n) is 10.9. The van der Waals surface area contributed by atoms with E-state index in [0.717, 1.165) is 9.80 Å².